The molecular formula is C10H12F3NO2. The first-order valence-electron chi connectivity index (χ1n) is 4.58. The second kappa shape index (κ2) is 4.61. The van der Waals surface area contributed by atoms with Crippen LogP contribution < -0.4 is 10.5 Å². The fourth-order valence-corrected chi connectivity index (χ4v) is 1.40. The van der Waals surface area contributed by atoms with Crippen LogP contribution >= 0.6 is 0 Å². The average Bonchev–Trinajstić information content (AvgIpc) is 2.19. The highest BCUT2D eigenvalue weighted by Gasteiger charge is 2.36. The predicted molar refractivity (Wildman–Crippen MR) is 52.4 cm³/mol. The van der Waals surface area contributed by atoms with Gasteiger partial charge in [0, 0.05) is 0 Å². The van der Waals surface area contributed by atoms with Crippen molar-refractivity contribution in [2.45, 2.75) is 12.6 Å². The fourth-order valence-electron chi connectivity index (χ4n) is 1.40. The Hall–Kier alpha value is -1.43. The first kappa shape index (κ1) is 12.6. The van der Waals surface area contributed by atoms with E-state index in [1.807, 2.05) is 0 Å². The number of halogens is 3. The summed E-state index contributed by atoms with van der Waals surface area (Å²) in [5, 5.41) is 9.58. The zero-order chi connectivity index (χ0) is 12.3. The third-order valence-electron chi connectivity index (χ3n) is 2.14. The van der Waals surface area contributed by atoms with E-state index < -0.39 is 23.2 Å². The fraction of sp³-hybridized carbons (Fsp3) is 0.400. The Morgan fingerprint density at radius 3 is 2.44 bits per heavy atom. The van der Waals surface area contributed by atoms with E-state index in [0.29, 0.717) is 12.0 Å². The molecule has 0 amide bonds. The summed E-state index contributed by atoms with van der Waals surface area (Å²) in [4.78, 5) is 0. The number of alkyl halides is 3. The van der Waals surface area contributed by atoms with Crippen molar-refractivity contribution in [3.63, 3.8) is 0 Å². The summed E-state index contributed by atoms with van der Waals surface area (Å²) in [6, 6.07) is 2.08. The molecule has 0 spiro atoms. The minimum Gasteiger partial charge on any atom is -0.504 e. The normalized spacial score (nSPS) is 11.6. The molecule has 16 heavy (non-hydrogen) atoms. The Labute approximate surface area is 90.6 Å². The minimum absolute atomic E-state index is 0.238. The number of benzene rings is 1. The van der Waals surface area contributed by atoms with Gasteiger partial charge in [0.1, 0.15) is 5.56 Å². The van der Waals surface area contributed by atoms with Crippen LogP contribution in [0.1, 0.15) is 11.1 Å². The predicted octanol–water partition coefficient (Wildman–Crippen LogP) is 1.92. The molecule has 0 atom stereocenters. The number of hydrogen-bond donors (Lipinski definition) is 2. The van der Waals surface area contributed by atoms with Gasteiger partial charge >= 0.3 is 6.18 Å². The Morgan fingerprint density at radius 2 is 2.00 bits per heavy atom. The molecule has 0 aliphatic heterocycles. The van der Waals surface area contributed by atoms with Crippen LogP contribution in [0.4, 0.5) is 13.2 Å². The van der Waals surface area contributed by atoms with Gasteiger partial charge in [-0.3, -0.25) is 0 Å². The van der Waals surface area contributed by atoms with Gasteiger partial charge < -0.3 is 15.6 Å². The lowest BCUT2D eigenvalue weighted by atomic mass is 10.1. The Morgan fingerprint density at radius 1 is 1.38 bits per heavy atom. The summed E-state index contributed by atoms with van der Waals surface area (Å²) in [5.41, 5.74) is 4.62. The number of hydrogen-bond acceptors (Lipinski definition) is 3. The van der Waals surface area contributed by atoms with E-state index in [2.05, 4.69) is 4.74 Å². The van der Waals surface area contributed by atoms with Crippen molar-refractivity contribution in [1.82, 2.24) is 0 Å². The summed E-state index contributed by atoms with van der Waals surface area (Å²) < 4.78 is 42.1. The molecule has 90 valence electrons. The molecule has 3 nitrogen and oxygen atoms in total. The first-order valence-corrected chi connectivity index (χ1v) is 4.58. The third-order valence-corrected chi connectivity index (χ3v) is 2.14. The van der Waals surface area contributed by atoms with Crippen molar-refractivity contribution in [2.75, 3.05) is 13.7 Å². The van der Waals surface area contributed by atoms with Crippen LogP contribution in [-0.4, -0.2) is 18.8 Å². The topological polar surface area (TPSA) is 55.5 Å². The third kappa shape index (κ3) is 2.38. The first-order chi connectivity index (χ1) is 7.41. The van der Waals surface area contributed by atoms with Gasteiger partial charge in [-0.25, -0.2) is 0 Å². The van der Waals surface area contributed by atoms with Crippen molar-refractivity contribution in [1.29, 1.82) is 0 Å². The quantitative estimate of drug-likeness (QED) is 0.841. The summed E-state index contributed by atoms with van der Waals surface area (Å²) in [7, 11) is 1.08. The molecular weight excluding hydrogens is 223 g/mol. The zero-order valence-electron chi connectivity index (χ0n) is 8.64. The van der Waals surface area contributed by atoms with Gasteiger partial charge in [-0.2, -0.15) is 13.2 Å². The van der Waals surface area contributed by atoms with E-state index in [4.69, 9.17) is 5.73 Å². The van der Waals surface area contributed by atoms with Crippen LogP contribution in [0.5, 0.6) is 11.5 Å². The van der Waals surface area contributed by atoms with Crippen molar-refractivity contribution >= 4 is 0 Å². The van der Waals surface area contributed by atoms with Crippen LogP contribution in [0.3, 0.4) is 0 Å². The van der Waals surface area contributed by atoms with Crippen LogP contribution in [0.25, 0.3) is 0 Å². The molecule has 0 heterocycles. The Kier molecular flexibility index (Phi) is 3.64. The highest BCUT2D eigenvalue weighted by atomic mass is 19.4. The molecule has 3 N–H and O–H groups in total. The number of phenolic OH excluding ortho intramolecular Hbond substituents is 1. The highest BCUT2D eigenvalue weighted by Crippen LogP contribution is 2.42. The standard InChI is InChI=1S/C10H12F3NO2/c1-16-9-7(10(11,12)13)3-2-6(4-5-14)8(9)15/h2-3,15H,4-5,14H2,1H3. The van der Waals surface area contributed by atoms with Crippen molar-refractivity contribution in [3.05, 3.63) is 23.3 Å². The van der Waals surface area contributed by atoms with Gasteiger partial charge in [-0.05, 0) is 24.6 Å². The maximum atomic E-state index is 12.5. The lowest BCUT2D eigenvalue weighted by Gasteiger charge is -2.15. The van der Waals surface area contributed by atoms with Gasteiger partial charge in [-0.1, -0.05) is 6.07 Å². The van der Waals surface area contributed by atoms with Crippen LogP contribution in [0, 0.1) is 0 Å². The maximum Gasteiger partial charge on any atom is 0.420 e. The van der Waals surface area contributed by atoms with Gasteiger partial charge in [0.25, 0.3) is 0 Å². The van der Waals surface area contributed by atoms with Crippen molar-refractivity contribution in [2.24, 2.45) is 5.73 Å². The van der Waals surface area contributed by atoms with Crippen molar-refractivity contribution in [3.8, 4) is 11.5 Å². The summed E-state index contributed by atoms with van der Waals surface area (Å²) in [5.74, 6) is -1.05. The molecule has 0 saturated heterocycles. The van der Waals surface area contributed by atoms with Gasteiger partial charge in [0.2, 0.25) is 0 Å². The van der Waals surface area contributed by atoms with E-state index in [0.717, 1.165) is 13.2 Å². The number of aromatic hydroxyl groups is 1. The minimum atomic E-state index is -4.55. The number of ether oxygens (including phenoxy) is 1. The monoisotopic (exact) mass is 235 g/mol. The largest absolute Gasteiger partial charge is 0.504 e. The average molecular weight is 235 g/mol. The van der Waals surface area contributed by atoms with Crippen LogP contribution in [0.2, 0.25) is 0 Å². The molecule has 0 bridgehead atoms. The molecule has 6 heteroatoms. The summed E-state index contributed by atoms with van der Waals surface area (Å²) in [6.45, 7) is 0.238. The smallest absolute Gasteiger partial charge is 0.420 e. The van der Waals surface area contributed by atoms with Crippen LogP contribution in [-0.2, 0) is 12.6 Å². The summed E-state index contributed by atoms with van der Waals surface area (Å²) in [6.07, 6.45) is -4.26. The second-order valence-electron chi connectivity index (χ2n) is 3.19. The van der Waals surface area contributed by atoms with Crippen molar-refractivity contribution < 1.29 is 23.0 Å². The number of nitrogens with two attached hydrogens (primary N) is 1. The van der Waals surface area contributed by atoms with E-state index in [1.165, 1.54) is 6.07 Å². The molecule has 0 aromatic heterocycles. The maximum absolute atomic E-state index is 12.5. The summed E-state index contributed by atoms with van der Waals surface area (Å²) >= 11 is 0. The lowest BCUT2D eigenvalue weighted by Crippen LogP contribution is -2.09. The molecule has 1 rings (SSSR count). The number of phenols is 1. The van der Waals surface area contributed by atoms with Crippen LogP contribution in [0.15, 0.2) is 12.1 Å². The second-order valence-corrected chi connectivity index (χ2v) is 3.19. The number of methoxy groups -OCH3 is 1. The lowest BCUT2D eigenvalue weighted by molar-refractivity contribution is -0.138. The van der Waals surface area contributed by atoms with E-state index in [-0.39, 0.29) is 6.54 Å². The molecule has 0 aliphatic rings. The molecule has 0 saturated carbocycles. The SMILES string of the molecule is COc1c(C(F)(F)F)ccc(CCN)c1O. The molecule has 1 aromatic rings. The van der Waals surface area contributed by atoms with E-state index in [9.17, 15) is 18.3 Å². The Balaban J connectivity index is 3.29. The van der Waals surface area contributed by atoms with E-state index in [1.54, 1.807) is 0 Å². The molecule has 0 radical (unpaired) electrons. The van der Waals surface area contributed by atoms with Gasteiger partial charge in [0.15, 0.2) is 11.5 Å². The molecule has 0 aliphatic carbocycles. The number of rotatable bonds is 3. The zero-order valence-corrected chi connectivity index (χ0v) is 8.64. The highest BCUT2D eigenvalue weighted by molar-refractivity contribution is 5.52. The molecule has 1 aromatic carbocycles. The van der Waals surface area contributed by atoms with Gasteiger partial charge in [0.05, 0.1) is 7.11 Å². The molecule has 0 unspecified atom stereocenters. The van der Waals surface area contributed by atoms with E-state index >= 15 is 0 Å². The molecule has 0 fully saturated rings. The Bertz CT molecular complexity index is 377. The van der Waals surface area contributed by atoms with Gasteiger partial charge in [-0.15, -0.1) is 0 Å².